The number of benzene rings is 6. The molecule has 0 radical (unpaired) electrons. The van der Waals surface area contributed by atoms with E-state index in [0.717, 1.165) is 12.8 Å². The van der Waals surface area contributed by atoms with Crippen LogP contribution in [-0.2, 0) is 5.41 Å². The maximum Gasteiger partial charge on any atom is 0.0726 e. The first kappa shape index (κ1) is 24.5. The van der Waals surface area contributed by atoms with Gasteiger partial charge in [-0.25, -0.2) is 0 Å². The molecule has 0 saturated carbocycles. The minimum atomic E-state index is -0.360. The zero-order valence-corrected chi connectivity index (χ0v) is 24.2. The molecule has 0 fully saturated rings. The molecule has 0 atom stereocenters. The molecule has 0 unspecified atom stereocenters. The lowest BCUT2D eigenvalue weighted by Crippen LogP contribution is -2.26. The normalized spacial score (nSPS) is 15.1. The van der Waals surface area contributed by atoms with Gasteiger partial charge in [0.25, 0.3) is 0 Å². The van der Waals surface area contributed by atoms with Gasteiger partial charge in [0.2, 0.25) is 0 Å². The van der Waals surface area contributed by atoms with Gasteiger partial charge in [0.15, 0.2) is 0 Å². The first-order chi connectivity index (χ1) is 21.2. The summed E-state index contributed by atoms with van der Waals surface area (Å²) in [6.07, 6.45) is 9.13. The summed E-state index contributed by atoms with van der Waals surface area (Å²) in [5.74, 6) is 0. The molecule has 0 aromatic heterocycles. The molecule has 0 aliphatic heterocycles. The molecule has 0 bridgehead atoms. The van der Waals surface area contributed by atoms with Crippen LogP contribution in [0.3, 0.4) is 0 Å². The van der Waals surface area contributed by atoms with Crippen molar-refractivity contribution >= 4 is 22.1 Å². The summed E-state index contributed by atoms with van der Waals surface area (Å²) in [6.45, 7) is 2.22. The Hall–Kier alpha value is -5.14. The van der Waals surface area contributed by atoms with Gasteiger partial charge in [0.05, 0.1) is 11.1 Å². The van der Waals surface area contributed by atoms with Gasteiger partial charge in [-0.2, -0.15) is 0 Å². The Kier molecular flexibility index (Phi) is 5.22. The van der Waals surface area contributed by atoms with Crippen molar-refractivity contribution in [2.24, 2.45) is 0 Å². The summed E-state index contributed by atoms with van der Waals surface area (Å²) >= 11 is 0. The summed E-state index contributed by atoms with van der Waals surface area (Å²) < 4.78 is 0. The minimum Gasteiger partial charge on any atom is -0.310 e. The number of fused-ring (bicyclic) bond motifs is 11. The molecule has 0 saturated heterocycles. The van der Waals surface area contributed by atoms with Crippen LogP contribution in [0.1, 0.15) is 40.7 Å². The van der Waals surface area contributed by atoms with Crippen LogP contribution in [0, 0.1) is 6.92 Å². The van der Waals surface area contributed by atoms with Crippen LogP contribution in [0.2, 0.25) is 0 Å². The first-order valence-electron chi connectivity index (χ1n) is 15.4. The topological polar surface area (TPSA) is 3.24 Å². The quantitative estimate of drug-likeness (QED) is 0.212. The molecular weight excluding hydrogens is 518 g/mol. The lowest BCUT2D eigenvalue weighted by atomic mass is 9.70. The van der Waals surface area contributed by atoms with E-state index in [-0.39, 0.29) is 5.41 Å². The number of aryl methyl sites for hydroxylation is 1. The van der Waals surface area contributed by atoms with Gasteiger partial charge in [-0.3, -0.25) is 0 Å². The van der Waals surface area contributed by atoms with E-state index in [4.69, 9.17) is 0 Å². The molecule has 3 aliphatic carbocycles. The predicted octanol–water partition coefficient (Wildman–Crippen LogP) is 10.9. The fourth-order valence-corrected chi connectivity index (χ4v) is 7.98. The highest BCUT2D eigenvalue weighted by atomic mass is 15.1. The highest BCUT2D eigenvalue weighted by molar-refractivity contribution is 5.99. The SMILES string of the molecule is Cc1ccc2c(c1)C1(c3ccccc3-c3ccccc31)c1cc(N(C3=CCCC=C3)c3cccc4ccccc34)ccc1-2. The van der Waals surface area contributed by atoms with Crippen molar-refractivity contribution in [3.8, 4) is 22.3 Å². The summed E-state index contributed by atoms with van der Waals surface area (Å²) in [7, 11) is 0. The van der Waals surface area contributed by atoms with Crippen molar-refractivity contribution < 1.29 is 0 Å². The summed E-state index contributed by atoms with van der Waals surface area (Å²) in [4.78, 5) is 2.48. The van der Waals surface area contributed by atoms with Crippen LogP contribution in [0.25, 0.3) is 33.0 Å². The van der Waals surface area contributed by atoms with Gasteiger partial charge in [0, 0.05) is 16.8 Å². The van der Waals surface area contributed by atoms with E-state index in [1.54, 1.807) is 0 Å². The summed E-state index contributed by atoms with van der Waals surface area (Å²) in [6, 6.07) is 47.8. The molecule has 6 aromatic rings. The Balaban J connectivity index is 1.37. The van der Waals surface area contributed by atoms with Crippen LogP contribution in [0.5, 0.6) is 0 Å². The van der Waals surface area contributed by atoms with Crippen LogP contribution in [0.15, 0.2) is 151 Å². The smallest absolute Gasteiger partial charge is 0.0726 e. The molecular formula is C42H31N. The number of rotatable bonds is 3. The number of allylic oxidation sites excluding steroid dienone is 3. The predicted molar refractivity (Wildman–Crippen MR) is 180 cm³/mol. The van der Waals surface area contributed by atoms with Gasteiger partial charge < -0.3 is 4.90 Å². The van der Waals surface area contributed by atoms with Crippen molar-refractivity contribution in [3.63, 3.8) is 0 Å². The number of anilines is 2. The summed E-state index contributed by atoms with van der Waals surface area (Å²) in [5.41, 5.74) is 15.4. The molecule has 0 amide bonds. The van der Waals surface area contributed by atoms with E-state index in [2.05, 4.69) is 157 Å². The highest BCUT2D eigenvalue weighted by Crippen LogP contribution is 2.63. The van der Waals surface area contributed by atoms with E-state index in [0.29, 0.717) is 0 Å². The molecule has 1 heteroatoms. The third-order valence-corrected chi connectivity index (χ3v) is 9.73. The minimum absolute atomic E-state index is 0.360. The number of nitrogens with zero attached hydrogens (tertiary/aromatic N) is 1. The average Bonchev–Trinajstić information content (AvgIpc) is 3.52. The average molecular weight is 550 g/mol. The molecule has 204 valence electrons. The Labute approximate surface area is 253 Å². The second-order valence-electron chi connectivity index (χ2n) is 12.1. The first-order valence-corrected chi connectivity index (χ1v) is 15.4. The van der Waals surface area contributed by atoms with E-state index >= 15 is 0 Å². The van der Waals surface area contributed by atoms with Crippen LogP contribution >= 0.6 is 0 Å². The van der Waals surface area contributed by atoms with Gasteiger partial charge in [-0.15, -0.1) is 0 Å². The fourth-order valence-electron chi connectivity index (χ4n) is 7.98. The number of hydrogen-bond donors (Lipinski definition) is 0. The monoisotopic (exact) mass is 549 g/mol. The maximum absolute atomic E-state index is 2.49. The van der Waals surface area contributed by atoms with E-state index in [1.165, 1.54) is 77.9 Å². The van der Waals surface area contributed by atoms with E-state index in [1.807, 2.05) is 0 Å². The van der Waals surface area contributed by atoms with Gasteiger partial charge in [-0.05, 0) is 93.9 Å². The van der Waals surface area contributed by atoms with E-state index in [9.17, 15) is 0 Å². The van der Waals surface area contributed by atoms with Gasteiger partial charge in [0.1, 0.15) is 0 Å². The largest absolute Gasteiger partial charge is 0.310 e. The Morgan fingerprint density at radius 1 is 0.558 bits per heavy atom. The molecule has 0 N–H and O–H groups in total. The Bertz CT molecular complexity index is 2110. The second kappa shape index (κ2) is 9.18. The van der Waals surface area contributed by atoms with Gasteiger partial charge >= 0.3 is 0 Å². The zero-order chi connectivity index (χ0) is 28.5. The van der Waals surface area contributed by atoms with Crippen molar-refractivity contribution in [1.29, 1.82) is 0 Å². The maximum atomic E-state index is 2.49. The molecule has 1 nitrogen and oxygen atoms in total. The highest BCUT2D eigenvalue weighted by Gasteiger charge is 2.51. The van der Waals surface area contributed by atoms with Crippen molar-refractivity contribution in [3.05, 3.63) is 179 Å². The molecule has 3 aliphatic rings. The summed E-state index contributed by atoms with van der Waals surface area (Å²) in [5, 5.41) is 2.51. The molecule has 9 rings (SSSR count). The third-order valence-electron chi connectivity index (χ3n) is 9.73. The second-order valence-corrected chi connectivity index (χ2v) is 12.1. The van der Waals surface area contributed by atoms with Crippen LogP contribution < -0.4 is 4.90 Å². The number of hydrogen-bond acceptors (Lipinski definition) is 1. The molecule has 6 aromatic carbocycles. The third kappa shape index (κ3) is 3.34. The van der Waals surface area contributed by atoms with Crippen LogP contribution in [0.4, 0.5) is 11.4 Å². The van der Waals surface area contributed by atoms with Crippen molar-refractivity contribution in [2.75, 3.05) is 4.90 Å². The van der Waals surface area contributed by atoms with Gasteiger partial charge in [-0.1, -0.05) is 127 Å². The lowest BCUT2D eigenvalue weighted by Gasteiger charge is -2.33. The van der Waals surface area contributed by atoms with Crippen molar-refractivity contribution in [2.45, 2.75) is 25.2 Å². The standard InChI is InChI=1S/C42H31N/c1-28-22-24-35-36-25-23-31(43(30-14-3-2-4-15-30)41-21-11-13-29-12-5-6-16-32(29)41)27-40(36)42(39(35)26-28)37-19-9-7-17-33(37)34-18-8-10-20-38(34)42/h3,5-27H,2,4H2,1H3. The Morgan fingerprint density at radius 3 is 1.98 bits per heavy atom. The van der Waals surface area contributed by atoms with Crippen LogP contribution in [-0.4, -0.2) is 0 Å². The van der Waals surface area contributed by atoms with E-state index < -0.39 is 0 Å². The molecule has 1 spiro atoms. The zero-order valence-electron chi connectivity index (χ0n) is 24.2. The Morgan fingerprint density at radius 2 is 1.21 bits per heavy atom. The fraction of sp³-hybridized carbons (Fsp3) is 0.0952. The molecule has 0 heterocycles. The van der Waals surface area contributed by atoms with Crippen molar-refractivity contribution in [1.82, 2.24) is 0 Å². The lowest BCUT2D eigenvalue weighted by molar-refractivity contribution is 0.792. The molecule has 43 heavy (non-hydrogen) atoms.